The molecule has 1 aliphatic rings. The Morgan fingerprint density at radius 1 is 1.09 bits per heavy atom. The van der Waals surface area contributed by atoms with Crippen LogP contribution < -0.4 is 5.32 Å². The fraction of sp³-hybridized carbons (Fsp3) is 0.348. The van der Waals surface area contributed by atoms with Gasteiger partial charge >= 0.3 is 40.1 Å². The number of benzene rings is 2. The number of hydrogen-bond acceptors (Lipinski definition) is 4. The second kappa shape index (κ2) is 16.3. The minimum absolute atomic E-state index is 0.0709. The predicted molar refractivity (Wildman–Crippen MR) is 130 cm³/mol. The molecule has 0 aromatic heterocycles. The van der Waals surface area contributed by atoms with Crippen molar-refractivity contribution in [1.82, 2.24) is 0 Å². The Bertz CT molecular complexity index is 872. The van der Waals surface area contributed by atoms with Gasteiger partial charge in [-0.25, -0.2) is 4.79 Å². The van der Waals surface area contributed by atoms with Crippen LogP contribution in [-0.4, -0.2) is 29.7 Å². The number of nitrogens with one attached hydrogen (secondary N) is 2. The molecule has 185 valence electrons. The van der Waals surface area contributed by atoms with Gasteiger partial charge in [-0.1, -0.05) is 73.2 Å². The first-order chi connectivity index (χ1) is 15.8. The molecule has 0 amide bonds. The number of anilines is 2. The number of aliphatic carboxylic acids is 1. The van der Waals surface area contributed by atoms with E-state index in [1.807, 2.05) is 0 Å². The number of carboxylic acids is 1. The fourth-order valence-electron chi connectivity index (χ4n) is 3.10. The summed E-state index contributed by atoms with van der Waals surface area (Å²) in [5.41, 5.74) is 9.22. The molecule has 0 spiro atoms. The van der Waals surface area contributed by atoms with Crippen LogP contribution in [0.15, 0.2) is 42.5 Å². The maximum atomic E-state index is 11.7. The molecular formula is C23H26Cl3N2O4Pt-2. The molecule has 2 atom stereocenters. The first-order valence-electron chi connectivity index (χ1n) is 10.1. The summed E-state index contributed by atoms with van der Waals surface area (Å²) in [6, 6.07) is 12.3. The third-order valence-electron chi connectivity index (χ3n) is 4.84. The van der Waals surface area contributed by atoms with E-state index in [0.717, 1.165) is 6.42 Å². The van der Waals surface area contributed by atoms with Gasteiger partial charge in [0, 0.05) is 5.69 Å². The molecule has 2 unspecified atom stereocenters. The SMILES string of the molecule is O=C(O)COC(=O)Cc1ccccc1Nc1c(Cl)cccc1Cl.[CH2-]C1CCCCC1[NH-].[Cl][Pt]. The van der Waals surface area contributed by atoms with Crippen molar-refractivity contribution >= 4 is 55.9 Å². The zero-order chi connectivity index (χ0) is 24.8. The van der Waals surface area contributed by atoms with Gasteiger partial charge in [-0.2, -0.15) is 12.0 Å². The van der Waals surface area contributed by atoms with Crippen molar-refractivity contribution in [2.24, 2.45) is 5.92 Å². The second-order valence-electron chi connectivity index (χ2n) is 7.26. The van der Waals surface area contributed by atoms with E-state index in [1.54, 1.807) is 61.2 Å². The van der Waals surface area contributed by atoms with Crippen molar-refractivity contribution in [3.8, 4) is 0 Å². The van der Waals surface area contributed by atoms with Crippen molar-refractivity contribution in [3.63, 3.8) is 0 Å². The third-order valence-corrected chi connectivity index (χ3v) is 5.47. The number of halogens is 3. The molecule has 0 heterocycles. The molecule has 3 N–H and O–H groups in total. The summed E-state index contributed by atoms with van der Waals surface area (Å²) in [7, 11) is 4.61. The van der Waals surface area contributed by atoms with E-state index in [-0.39, 0.29) is 12.5 Å². The Labute approximate surface area is 219 Å². The zero-order valence-electron chi connectivity index (χ0n) is 17.8. The molecule has 2 aromatic carbocycles. The number of carbonyl (C=O) groups excluding carboxylic acids is 1. The van der Waals surface area contributed by atoms with E-state index in [0.29, 0.717) is 32.9 Å². The van der Waals surface area contributed by atoms with Crippen molar-refractivity contribution in [2.45, 2.75) is 38.1 Å². The molecule has 0 radical (unpaired) electrons. The van der Waals surface area contributed by atoms with Crippen LogP contribution in [0.1, 0.15) is 31.2 Å². The van der Waals surface area contributed by atoms with Gasteiger partial charge in [-0.3, -0.25) is 4.79 Å². The summed E-state index contributed by atoms with van der Waals surface area (Å²) in [4.78, 5) is 22.1. The van der Waals surface area contributed by atoms with Crippen LogP contribution in [0.5, 0.6) is 0 Å². The first-order valence-corrected chi connectivity index (χ1v) is 13.7. The molecule has 3 rings (SSSR count). The maximum absolute atomic E-state index is 11.7. The molecule has 2 aromatic rings. The van der Waals surface area contributed by atoms with E-state index in [9.17, 15) is 9.59 Å². The van der Waals surface area contributed by atoms with Crippen LogP contribution in [-0.2, 0) is 39.5 Å². The fourth-order valence-corrected chi connectivity index (χ4v) is 3.60. The summed E-state index contributed by atoms with van der Waals surface area (Å²) >= 11 is 13.8. The molecular weight excluding hydrogens is 670 g/mol. The van der Waals surface area contributed by atoms with E-state index in [1.165, 1.54) is 19.3 Å². The van der Waals surface area contributed by atoms with E-state index < -0.39 is 18.5 Å². The second-order valence-corrected chi connectivity index (χ2v) is 8.08. The van der Waals surface area contributed by atoms with Crippen LogP contribution in [0.4, 0.5) is 11.4 Å². The van der Waals surface area contributed by atoms with Gasteiger partial charge < -0.3 is 27.8 Å². The number of para-hydroxylation sites is 2. The van der Waals surface area contributed by atoms with Gasteiger partial charge in [0.2, 0.25) is 0 Å². The Morgan fingerprint density at radius 3 is 2.24 bits per heavy atom. The van der Waals surface area contributed by atoms with Gasteiger partial charge in [0.1, 0.15) is 0 Å². The number of esters is 1. The molecule has 1 aliphatic carbocycles. The van der Waals surface area contributed by atoms with Gasteiger partial charge in [0.05, 0.1) is 22.2 Å². The van der Waals surface area contributed by atoms with E-state index in [2.05, 4.69) is 26.4 Å². The number of hydrogen-bond donors (Lipinski definition) is 2. The molecule has 0 saturated heterocycles. The molecule has 0 bridgehead atoms. The van der Waals surface area contributed by atoms with Crippen molar-refractivity contribution in [2.75, 3.05) is 11.9 Å². The summed E-state index contributed by atoms with van der Waals surface area (Å²) in [5, 5.41) is 12.5. The predicted octanol–water partition coefficient (Wildman–Crippen LogP) is 7.03. The average Bonchev–Trinajstić information content (AvgIpc) is 2.80. The normalized spacial score (nSPS) is 16.9. The minimum atomic E-state index is -1.20. The summed E-state index contributed by atoms with van der Waals surface area (Å²) in [6.45, 7) is 3.23. The number of rotatable bonds is 6. The molecule has 6 nitrogen and oxygen atoms in total. The summed E-state index contributed by atoms with van der Waals surface area (Å²) in [6.07, 6.45) is 4.73. The standard InChI is InChI=1S/C16H13Cl2NO4.C7H13N.ClH.Pt/c17-11-5-3-6-12(18)16(11)19-13-7-2-1-4-10(13)8-15(22)23-9-14(20)21;1-6-4-2-3-5-7(6)8;;/h1-7,19H,8-9H2,(H,20,21);6-8H,1-5H2;1H;/q;-2;;+1/p-1. The van der Waals surface area contributed by atoms with Gasteiger partial charge in [0.25, 0.3) is 0 Å². The molecule has 1 saturated carbocycles. The Hall–Kier alpha value is -1.30. The average molecular weight is 696 g/mol. The molecule has 1 fully saturated rings. The number of carboxylic acid groups (broad SMARTS) is 1. The number of ether oxygens (including phenoxy) is 1. The van der Waals surface area contributed by atoms with Crippen LogP contribution in [0.25, 0.3) is 5.73 Å². The Morgan fingerprint density at radius 2 is 1.70 bits per heavy atom. The van der Waals surface area contributed by atoms with E-state index >= 15 is 0 Å². The Balaban J connectivity index is 0.000000454. The van der Waals surface area contributed by atoms with Gasteiger partial charge in [0.15, 0.2) is 6.61 Å². The monoisotopic (exact) mass is 694 g/mol. The van der Waals surface area contributed by atoms with Crippen molar-refractivity contribution in [3.05, 3.63) is 70.7 Å². The van der Waals surface area contributed by atoms with Crippen LogP contribution in [0.3, 0.4) is 0 Å². The van der Waals surface area contributed by atoms with Crippen LogP contribution in [0, 0.1) is 12.8 Å². The summed E-state index contributed by atoms with van der Waals surface area (Å²) in [5.74, 6) is -1.41. The Kier molecular flexibility index (Phi) is 14.7. The van der Waals surface area contributed by atoms with E-state index in [4.69, 9.17) is 34.0 Å². The molecule has 0 aliphatic heterocycles. The van der Waals surface area contributed by atoms with Gasteiger partial charge in [-0.05, 0) is 23.8 Å². The molecule has 10 heteroatoms. The van der Waals surface area contributed by atoms with Crippen LogP contribution >= 0.6 is 32.6 Å². The quantitative estimate of drug-likeness (QED) is 0.250. The number of carbonyl (C=O) groups is 2. The van der Waals surface area contributed by atoms with Crippen molar-refractivity contribution < 1.29 is 38.2 Å². The molecule has 33 heavy (non-hydrogen) atoms. The van der Waals surface area contributed by atoms with Crippen molar-refractivity contribution in [1.29, 1.82) is 0 Å². The zero-order valence-corrected chi connectivity index (χ0v) is 22.3. The first kappa shape index (κ1) is 29.7. The summed E-state index contributed by atoms with van der Waals surface area (Å²) < 4.78 is 4.64. The van der Waals surface area contributed by atoms with Gasteiger partial charge in [-0.15, -0.1) is 0 Å². The van der Waals surface area contributed by atoms with Crippen LogP contribution in [0.2, 0.25) is 10.0 Å². The third kappa shape index (κ3) is 11.1. The topological polar surface area (TPSA) is 99.4 Å².